The van der Waals surface area contributed by atoms with Crippen LogP contribution in [0.1, 0.15) is 6.42 Å². The Morgan fingerprint density at radius 2 is 2.33 bits per heavy atom. The van der Waals surface area contributed by atoms with Crippen molar-refractivity contribution in [2.45, 2.75) is 6.42 Å². The predicted octanol–water partition coefficient (Wildman–Crippen LogP) is 1.09. The molecule has 1 nitrogen and oxygen atoms in total. The highest BCUT2D eigenvalue weighted by molar-refractivity contribution is 6.17. The van der Waals surface area contributed by atoms with E-state index in [1.807, 2.05) is 6.08 Å². The molecule has 0 aromatic rings. The lowest BCUT2D eigenvalue weighted by molar-refractivity contribution is 1.22. The van der Waals surface area contributed by atoms with Gasteiger partial charge >= 0.3 is 0 Å². The van der Waals surface area contributed by atoms with Crippen molar-refractivity contribution in [2.75, 3.05) is 5.88 Å². The van der Waals surface area contributed by atoms with Crippen LogP contribution in [0, 0.1) is 0 Å². The molecule has 0 fully saturated rings. The minimum atomic E-state index is 0.660. The van der Waals surface area contributed by atoms with Gasteiger partial charge in [-0.25, -0.2) is 0 Å². The van der Waals surface area contributed by atoms with Gasteiger partial charge in [0.15, 0.2) is 0 Å². The number of halogens is 1. The average molecular weight is 106 g/mol. The van der Waals surface area contributed by atoms with Crippen LogP contribution in [0.4, 0.5) is 0 Å². The Labute approximate surface area is 42.8 Å². The van der Waals surface area contributed by atoms with Crippen LogP contribution in [0.3, 0.4) is 0 Å². The predicted molar refractivity (Wildman–Crippen MR) is 28.7 cm³/mol. The average Bonchev–Trinajstić information content (AvgIpc) is 1.61. The molecule has 0 atom stereocenters. The summed E-state index contributed by atoms with van der Waals surface area (Å²) in [5.41, 5.74) is 4.98. The first-order valence-electron chi connectivity index (χ1n) is 1.84. The smallest absolute Gasteiger partial charge is 0.0258 e. The minimum absolute atomic E-state index is 0.660. The Kier molecular flexibility index (Phi) is 4.69. The Morgan fingerprint density at radius 3 is 2.50 bits per heavy atom. The van der Waals surface area contributed by atoms with Gasteiger partial charge in [0.25, 0.3) is 0 Å². The third-order valence-corrected chi connectivity index (χ3v) is 0.630. The molecule has 0 aromatic heterocycles. The highest BCUT2D eigenvalue weighted by Gasteiger charge is 1.67. The molecule has 36 valence electrons. The molecule has 0 aliphatic carbocycles. The maximum Gasteiger partial charge on any atom is 0.0258 e. The van der Waals surface area contributed by atoms with Crippen molar-refractivity contribution in [3.8, 4) is 0 Å². The molecule has 0 saturated heterocycles. The number of nitrogens with two attached hydrogens (primary N) is 1. The first-order valence-corrected chi connectivity index (χ1v) is 2.38. The third-order valence-electron chi connectivity index (χ3n) is 0.412. The van der Waals surface area contributed by atoms with Crippen molar-refractivity contribution in [3.05, 3.63) is 12.3 Å². The van der Waals surface area contributed by atoms with Gasteiger partial charge in [0.05, 0.1) is 0 Å². The van der Waals surface area contributed by atoms with Crippen LogP contribution in [-0.4, -0.2) is 5.88 Å². The van der Waals surface area contributed by atoms with E-state index in [9.17, 15) is 0 Å². The second-order valence-electron chi connectivity index (χ2n) is 0.906. The van der Waals surface area contributed by atoms with Crippen LogP contribution in [0.25, 0.3) is 0 Å². The lowest BCUT2D eigenvalue weighted by atomic mass is 10.5. The molecule has 6 heavy (non-hydrogen) atoms. The molecule has 0 aromatic carbocycles. The number of hydrogen-bond acceptors (Lipinski definition) is 1. The molecule has 0 saturated carbocycles. The molecule has 2 heteroatoms. The van der Waals surface area contributed by atoms with E-state index in [1.165, 1.54) is 6.20 Å². The SMILES string of the molecule is NC=CCCCl. The van der Waals surface area contributed by atoms with Crippen LogP contribution in [-0.2, 0) is 0 Å². The standard InChI is InChI=1S/C4H8ClN/c5-3-1-2-4-6/h2,4H,1,3,6H2. The summed E-state index contributed by atoms with van der Waals surface area (Å²) >= 11 is 5.27. The van der Waals surface area contributed by atoms with E-state index in [-0.39, 0.29) is 0 Å². The zero-order valence-electron chi connectivity index (χ0n) is 3.52. The fourth-order valence-electron chi connectivity index (χ4n) is 0.159. The molecule has 0 spiro atoms. The van der Waals surface area contributed by atoms with E-state index in [2.05, 4.69) is 0 Å². The zero-order valence-corrected chi connectivity index (χ0v) is 4.28. The largest absolute Gasteiger partial charge is 0.405 e. The molecule has 0 radical (unpaired) electrons. The summed E-state index contributed by atoms with van der Waals surface area (Å²) in [6, 6.07) is 0. The monoisotopic (exact) mass is 105 g/mol. The normalized spacial score (nSPS) is 10.2. The van der Waals surface area contributed by atoms with Crippen molar-refractivity contribution < 1.29 is 0 Å². The Morgan fingerprint density at radius 1 is 1.67 bits per heavy atom. The first-order chi connectivity index (χ1) is 2.91. The molecule has 0 aliphatic heterocycles. The topological polar surface area (TPSA) is 26.0 Å². The summed E-state index contributed by atoms with van der Waals surface area (Å²) in [7, 11) is 0. The van der Waals surface area contributed by atoms with Gasteiger partial charge in [0.1, 0.15) is 0 Å². The number of alkyl halides is 1. The summed E-state index contributed by atoms with van der Waals surface area (Å²) in [6.45, 7) is 0. The van der Waals surface area contributed by atoms with Gasteiger partial charge in [-0.2, -0.15) is 0 Å². The number of allylic oxidation sites excluding steroid dienone is 1. The Balaban J connectivity index is 2.66. The maximum absolute atomic E-state index is 5.27. The van der Waals surface area contributed by atoms with Gasteiger partial charge in [0.2, 0.25) is 0 Å². The van der Waals surface area contributed by atoms with Crippen LogP contribution >= 0.6 is 11.6 Å². The van der Waals surface area contributed by atoms with Crippen molar-refractivity contribution in [1.29, 1.82) is 0 Å². The van der Waals surface area contributed by atoms with Gasteiger partial charge in [-0.15, -0.1) is 11.6 Å². The van der Waals surface area contributed by atoms with Crippen molar-refractivity contribution in [2.24, 2.45) is 5.73 Å². The fourth-order valence-corrected chi connectivity index (χ4v) is 0.285. The molecule has 2 N–H and O–H groups in total. The molecule has 0 amide bonds. The zero-order chi connectivity index (χ0) is 4.83. The van der Waals surface area contributed by atoms with E-state index in [4.69, 9.17) is 17.3 Å². The van der Waals surface area contributed by atoms with Crippen LogP contribution in [0.2, 0.25) is 0 Å². The van der Waals surface area contributed by atoms with Gasteiger partial charge in [-0.1, -0.05) is 6.08 Å². The molecule has 0 bridgehead atoms. The van der Waals surface area contributed by atoms with Crippen molar-refractivity contribution >= 4 is 11.6 Å². The van der Waals surface area contributed by atoms with Crippen LogP contribution < -0.4 is 5.73 Å². The molecule has 0 unspecified atom stereocenters. The first kappa shape index (κ1) is 5.83. The number of hydrogen-bond donors (Lipinski definition) is 1. The van der Waals surface area contributed by atoms with Crippen molar-refractivity contribution in [3.63, 3.8) is 0 Å². The maximum atomic E-state index is 5.27. The van der Waals surface area contributed by atoms with Gasteiger partial charge in [0, 0.05) is 5.88 Å². The van der Waals surface area contributed by atoms with E-state index >= 15 is 0 Å². The summed E-state index contributed by atoms with van der Waals surface area (Å²) in [4.78, 5) is 0. The minimum Gasteiger partial charge on any atom is -0.405 e. The summed E-state index contributed by atoms with van der Waals surface area (Å²) in [6.07, 6.45) is 4.20. The second kappa shape index (κ2) is 4.83. The van der Waals surface area contributed by atoms with Gasteiger partial charge in [-0.05, 0) is 12.6 Å². The van der Waals surface area contributed by atoms with E-state index < -0.39 is 0 Å². The summed E-state index contributed by atoms with van der Waals surface area (Å²) < 4.78 is 0. The van der Waals surface area contributed by atoms with Crippen LogP contribution in [0.5, 0.6) is 0 Å². The molecule has 0 aliphatic rings. The van der Waals surface area contributed by atoms with Crippen molar-refractivity contribution in [1.82, 2.24) is 0 Å². The molecular weight excluding hydrogens is 97.5 g/mol. The highest BCUT2D eigenvalue weighted by atomic mass is 35.5. The fraction of sp³-hybridized carbons (Fsp3) is 0.500. The quantitative estimate of drug-likeness (QED) is 0.523. The lowest BCUT2D eigenvalue weighted by Gasteiger charge is -1.74. The van der Waals surface area contributed by atoms with Crippen LogP contribution in [0.15, 0.2) is 12.3 Å². The second-order valence-corrected chi connectivity index (χ2v) is 1.28. The lowest BCUT2D eigenvalue weighted by Crippen LogP contribution is -1.75. The van der Waals surface area contributed by atoms with E-state index in [1.54, 1.807) is 0 Å². The summed E-state index contributed by atoms with van der Waals surface area (Å²) in [5.74, 6) is 0.660. The molecule has 0 heterocycles. The Hall–Kier alpha value is -0.170. The van der Waals surface area contributed by atoms with Gasteiger partial charge in [-0.3, -0.25) is 0 Å². The third kappa shape index (κ3) is 3.83. The van der Waals surface area contributed by atoms with Gasteiger partial charge < -0.3 is 5.73 Å². The molecule has 0 rings (SSSR count). The van der Waals surface area contributed by atoms with E-state index in [0.29, 0.717) is 5.88 Å². The molecular formula is C4H8ClN. The number of rotatable bonds is 2. The Bertz CT molecular complexity index is 42.8. The highest BCUT2D eigenvalue weighted by Crippen LogP contribution is 1.82. The van der Waals surface area contributed by atoms with E-state index in [0.717, 1.165) is 6.42 Å². The summed E-state index contributed by atoms with van der Waals surface area (Å²) in [5, 5.41) is 0.